The quantitative estimate of drug-likeness (QED) is 0.418. The lowest BCUT2D eigenvalue weighted by Gasteiger charge is -2.52. The van der Waals surface area contributed by atoms with Gasteiger partial charge in [0.15, 0.2) is 0 Å². The number of benzene rings is 2. The summed E-state index contributed by atoms with van der Waals surface area (Å²) in [6, 6.07) is 18.2. The molecule has 3 aromatic rings. The smallest absolute Gasteiger partial charge is 0.416 e. The van der Waals surface area contributed by atoms with Crippen LogP contribution >= 0.6 is 11.3 Å². The predicted molar refractivity (Wildman–Crippen MR) is 138 cm³/mol. The number of carboxylic acid groups (broad SMARTS) is 1. The van der Waals surface area contributed by atoms with Crippen molar-refractivity contribution in [3.63, 3.8) is 0 Å². The number of nitrogens with one attached hydrogen (secondary N) is 1. The van der Waals surface area contributed by atoms with E-state index in [0.717, 1.165) is 0 Å². The van der Waals surface area contributed by atoms with E-state index < -0.39 is 68.6 Å². The van der Waals surface area contributed by atoms with Crippen molar-refractivity contribution in [1.29, 1.82) is 0 Å². The van der Waals surface area contributed by atoms with E-state index >= 15 is 0 Å². The number of fused-ring (bicyclic) bond motifs is 1. The van der Waals surface area contributed by atoms with Gasteiger partial charge in [-0.1, -0.05) is 66.7 Å². The molecule has 3 unspecified atom stereocenters. The fourth-order valence-electron chi connectivity index (χ4n) is 5.08. The van der Waals surface area contributed by atoms with Gasteiger partial charge in [-0.25, -0.2) is 4.79 Å². The summed E-state index contributed by atoms with van der Waals surface area (Å²) in [6.07, 6.45) is -5.30. The van der Waals surface area contributed by atoms with Gasteiger partial charge in [-0.3, -0.25) is 18.7 Å². The average Bonchev–Trinajstić information content (AvgIpc) is 3.41. The highest BCUT2D eigenvalue weighted by molar-refractivity contribution is 7.86. The van der Waals surface area contributed by atoms with Crippen LogP contribution in [0.1, 0.15) is 21.9 Å². The molecule has 39 heavy (non-hydrogen) atoms. The Bertz CT molecular complexity index is 1420. The minimum atomic E-state index is -5.21. The molecule has 0 saturated carbocycles. The highest BCUT2D eigenvalue weighted by Gasteiger charge is 2.64. The number of carbonyl (C=O) groups is 3. The molecular weight excluding hydrogens is 553 g/mol. The first-order valence-corrected chi connectivity index (χ1v) is 13.9. The Morgan fingerprint density at radius 1 is 1.00 bits per heavy atom. The zero-order valence-electron chi connectivity index (χ0n) is 20.0. The van der Waals surface area contributed by atoms with Crippen LogP contribution in [0.2, 0.25) is 0 Å². The third-order valence-electron chi connectivity index (χ3n) is 6.67. The number of halogens is 3. The van der Waals surface area contributed by atoms with E-state index in [1.807, 2.05) is 0 Å². The SMILES string of the molecule is O=C(Cc1cccs1)NC1C(=O)N2C(C(=O)O)=C(C(F)(F)F)C(C(c3ccccc3)c3ccccc3)S(=O)[C@H]12. The van der Waals surface area contributed by atoms with Gasteiger partial charge in [0.25, 0.3) is 5.91 Å². The number of carboxylic acids is 1. The van der Waals surface area contributed by atoms with Crippen molar-refractivity contribution < 1.29 is 36.9 Å². The standard InChI is InChI=1S/C27H21F3N2O5S2/c28-27(29,30)20-22(26(35)36)32-24(34)21(31-18(33)14-17-12-7-13-38-17)25(32)39(37)23(20)19(15-8-3-1-4-9-15)16-10-5-2-6-11-16/h1-13,19,21,23,25H,14H2,(H,31,33)(H,35,36)/t21?,23?,25-,39?/m1/s1. The number of alkyl halides is 3. The van der Waals surface area contributed by atoms with Crippen molar-refractivity contribution in [1.82, 2.24) is 10.2 Å². The molecule has 0 spiro atoms. The lowest BCUT2D eigenvalue weighted by Crippen LogP contribution is -2.75. The number of hydrogen-bond acceptors (Lipinski definition) is 5. The molecule has 3 heterocycles. The second-order valence-corrected chi connectivity index (χ2v) is 11.7. The Balaban J connectivity index is 1.64. The minimum Gasteiger partial charge on any atom is -0.477 e. The average molecular weight is 575 g/mol. The highest BCUT2D eigenvalue weighted by Crippen LogP contribution is 2.49. The summed E-state index contributed by atoms with van der Waals surface area (Å²) in [5, 5.41) is 10.8. The number of aliphatic carboxylic acids is 1. The van der Waals surface area contributed by atoms with E-state index in [-0.39, 0.29) is 6.42 Å². The number of rotatable bonds is 7. The molecule has 4 atom stereocenters. The van der Waals surface area contributed by atoms with Gasteiger partial charge in [0, 0.05) is 10.8 Å². The van der Waals surface area contributed by atoms with Gasteiger partial charge in [0.1, 0.15) is 17.1 Å². The second-order valence-electron chi connectivity index (χ2n) is 9.01. The summed E-state index contributed by atoms with van der Waals surface area (Å²) < 4.78 is 58.1. The number of nitrogens with zero attached hydrogens (tertiary/aromatic N) is 1. The van der Waals surface area contributed by atoms with Gasteiger partial charge in [-0.2, -0.15) is 13.2 Å². The monoisotopic (exact) mass is 574 g/mol. The van der Waals surface area contributed by atoms with Gasteiger partial charge in [-0.05, 0) is 22.6 Å². The fraction of sp³-hybridized carbons (Fsp3) is 0.222. The van der Waals surface area contributed by atoms with Crippen LogP contribution in [0.25, 0.3) is 0 Å². The van der Waals surface area contributed by atoms with E-state index in [9.17, 15) is 36.9 Å². The van der Waals surface area contributed by atoms with Crippen LogP contribution in [0.15, 0.2) is 89.4 Å². The number of amides is 2. The fourth-order valence-corrected chi connectivity index (χ4v) is 8.01. The maximum atomic E-state index is 14.7. The highest BCUT2D eigenvalue weighted by atomic mass is 32.2. The summed E-state index contributed by atoms with van der Waals surface area (Å²) in [6.45, 7) is 0. The van der Waals surface area contributed by atoms with Crippen LogP contribution < -0.4 is 5.32 Å². The van der Waals surface area contributed by atoms with E-state index in [4.69, 9.17) is 0 Å². The summed E-state index contributed by atoms with van der Waals surface area (Å²) in [4.78, 5) is 39.1. The number of hydrogen-bond donors (Lipinski definition) is 2. The molecule has 2 aliphatic rings. The minimum absolute atomic E-state index is 0.0870. The van der Waals surface area contributed by atoms with Gasteiger partial charge in [0.05, 0.1) is 28.0 Å². The van der Waals surface area contributed by atoms with Gasteiger partial charge in [0.2, 0.25) is 5.91 Å². The largest absolute Gasteiger partial charge is 0.477 e. The predicted octanol–water partition coefficient (Wildman–Crippen LogP) is 3.81. The molecule has 1 fully saturated rings. The summed E-state index contributed by atoms with van der Waals surface area (Å²) >= 11 is 1.31. The maximum Gasteiger partial charge on any atom is 0.416 e. The Labute approximate surface area is 227 Å². The van der Waals surface area contributed by atoms with Crippen molar-refractivity contribution in [3.05, 3.63) is 105 Å². The first kappa shape index (κ1) is 26.8. The van der Waals surface area contributed by atoms with E-state index in [1.54, 1.807) is 78.2 Å². The number of carbonyl (C=O) groups excluding carboxylic acids is 2. The molecule has 0 aliphatic carbocycles. The first-order valence-electron chi connectivity index (χ1n) is 11.8. The Morgan fingerprint density at radius 3 is 2.08 bits per heavy atom. The lowest BCUT2D eigenvalue weighted by molar-refractivity contribution is -0.153. The molecule has 1 aromatic heterocycles. The van der Waals surface area contributed by atoms with Crippen LogP contribution in [-0.4, -0.2) is 54.8 Å². The zero-order valence-corrected chi connectivity index (χ0v) is 21.6. The van der Waals surface area contributed by atoms with Crippen molar-refractivity contribution in [2.45, 2.75) is 35.2 Å². The van der Waals surface area contributed by atoms with Crippen LogP contribution in [0.4, 0.5) is 13.2 Å². The van der Waals surface area contributed by atoms with Crippen molar-refractivity contribution >= 4 is 39.9 Å². The molecule has 2 amide bonds. The summed E-state index contributed by atoms with van der Waals surface area (Å²) in [5.74, 6) is -4.76. The molecule has 2 N–H and O–H groups in total. The number of β-lactam (4-membered cyclic amide) rings is 1. The van der Waals surface area contributed by atoms with Crippen LogP contribution in [-0.2, 0) is 31.6 Å². The Kier molecular flexibility index (Phi) is 7.17. The zero-order chi connectivity index (χ0) is 27.9. The normalized spacial score (nSPS) is 22.9. The van der Waals surface area contributed by atoms with E-state index in [0.29, 0.717) is 20.9 Å². The van der Waals surface area contributed by atoms with Crippen LogP contribution in [0.5, 0.6) is 0 Å². The van der Waals surface area contributed by atoms with Crippen molar-refractivity contribution in [2.24, 2.45) is 0 Å². The van der Waals surface area contributed by atoms with Gasteiger partial charge in [-0.15, -0.1) is 11.3 Å². The van der Waals surface area contributed by atoms with Crippen LogP contribution in [0, 0.1) is 0 Å². The van der Waals surface area contributed by atoms with E-state index in [1.165, 1.54) is 11.3 Å². The topological polar surface area (TPSA) is 104 Å². The molecule has 202 valence electrons. The van der Waals surface area contributed by atoms with Crippen LogP contribution in [0.3, 0.4) is 0 Å². The molecule has 2 aromatic carbocycles. The lowest BCUT2D eigenvalue weighted by atomic mass is 9.83. The summed E-state index contributed by atoms with van der Waals surface area (Å²) in [5.41, 5.74) is -2.02. The summed E-state index contributed by atoms with van der Waals surface area (Å²) in [7, 11) is -2.46. The maximum absolute atomic E-state index is 14.7. The molecule has 2 aliphatic heterocycles. The molecule has 0 bridgehead atoms. The van der Waals surface area contributed by atoms with Crippen molar-refractivity contribution in [3.8, 4) is 0 Å². The Hall–Kier alpha value is -3.77. The van der Waals surface area contributed by atoms with E-state index in [2.05, 4.69) is 5.32 Å². The Morgan fingerprint density at radius 2 is 1.59 bits per heavy atom. The first-order chi connectivity index (χ1) is 18.6. The second kappa shape index (κ2) is 10.4. The third kappa shape index (κ3) is 4.89. The molecule has 12 heteroatoms. The number of thiophene rings is 1. The van der Waals surface area contributed by atoms with Crippen molar-refractivity contribution in [2.75, 3.05) is 0 Å². The molecule has 7 nitrogen and oxygen atoms in total. The molecule has 1 saturated heterocycles. The van der Waals surface area contributed by atoms with Gasteiger partial charge >= 0.3 is 12.1 Å². The molecule has 5 rings (SSSR count). The third-order valence-corrected chi connectivity index (χ3v) is 9.52. The molecular formula is C27H21F3N2O5S2. The van der Waals surface area contributed by atoms with Gasteiger partial charge < -0.3 is 10.4 Å². The molecule has 0 radical (unpaired) electrons.